The first-order valence-electron chi connectivity index (χ1n) is 9.49. The summed E-state index contributed by atoms with van der Waals surface area (Å²) in [6, 6.07) is 14.3. The highest BCUT2D eigenvalue weighted by Gasteiger charge is 2.34. The average molecular weight is 381 g/mol. The van der Waals surface area contributed by atoms with Crippen LogP contribution in [-0.4, -0.2) is 42.6 Å². The van der Waals surface area contributed by atoms with Gasteiger partial charge in [-0.05, 0) is 30.5 Å². The summed E-state index contributed by atoms with van der Waals surface area (Å²) in [5, 5.41) is 5.80. The summed E-state index contributed by atoms with van der Waals surface area (Å²) in [4.78, 5) is 27.0. The summed E-state index contributed by atoms with van der Waals surface area (Å²) in [5.74, 6) is 1.10. The van der Waals surface area contributed by atoms with Crippen LogP contribution in [0.5, 0.6) is 11.5 Å². The van der Waals surface area contributed by atoms with Gasteiger partial charge in [0.2, 0.25) is 5.91 Å². The third-order valence-corrected chi connectivity index (χ3v) is 4.91. The van der Waals surface area contributed by atoms with Crippen molar-refractivity contribution in [3.05, 3.63) is 54.1 Å². The van der Waals surface area contributed by atoms with E-state index in [0.717, 1.165) is 12.0 Å². The molecule has 0 spiro atoms. The Hall–Kier alpha value is -3.22. The lowest BCUT2D eigenvalue weighted by atomic mass is 10.2. The number of likely N-dealkylation sites (tertiary alicyclic amines) is 1. The number of rotatable bonds is 4. The van der Waals surface area contributed by atoms with Crippen molar-refractivity contribution in [2.24, 2.45) is 0 Å². The summed E-state index contributed by atoms with van der Waals surface area (Å²) in [7, 11) is 0. The molecule has 1 fully saturated rings. The smallest absolute Gasteiger partial charge is 0.318 e. The van der Waals surface area contributed by atoms with Crippen LogP contribution < -0.4 is 20.1 Å². The van der Waals surface area contributed by atoms with Gasteiger partial charge in [-0.2, -0.15) is 0 Å². The SMILES string of the molecule is O=C(Nc1ccc2c(c1)OCCO2)[C@@H]1CCCN1C(=O)NCc1ccccc1. The number of fused-ring (bicyclic) bond motifs is 1. The molecule has 2 aliphatic heterocycles. The molecule has 1 saturated heterocycles. The van der Waals surface area contributed by atoms with Gasteiger partial charge in [0.05, 0.1) is 0 Å². The summed E-state index contributed by atoms with van der Waals surface area (Å²) in [6.07, 6.45) is 1.45. The standard InChI is InChI=1S/C21H23N3O4/c25-20(23-16-8-9-18-19(13-16)28-12-11-27-18)17-7-4-10-24(17)21(26)22-14-15-5-2-1-3-6-15/h1-3,5-6,8-9,13,17H,4,7,10-12,14H2,(H,22,26)(H,23,25)/t17-/m0/s1. The van der Waals surface area contributed by atoms with E-state index in [1.165, 1.54) is 0 Å². The van der Waals surface area contributed by atoms with E-state index in [2.05, 4.69) is 10.6 Å². The van der Waals surface area contributed by atoms with Crippen molar-refractivity contribution >= 4 is 17.6 Å². The van der Waals surface area contributed by atoms with Gasteiger partial charge in [-0.1, -0.05) is 30.3 Å². The summed E-state index contributed by atoms with van der Waals surface area (Å²) in [5.41, 5.74) is 1.65. The van der Waals surface area contributed by atoms with Crippen molar-refractivity contribution in [3.63, 3.8) is 0 Å². The Balaban J connectivity index is 1.37. The van der Waals surface area contributed by atoms with E-state index >= 15 is 0 Å². The Morgan fingerprint density at radius 1 is 1.04 bits per heavy atom. The molecule has 1 atom stereocenters. The minimum atomic E-state index is -0.482. The predicted octanol–water partition coefficient (Wildman–Crippen LogP) is 2.77. The van der Waals surface area contributed by atoms with E-state index in [4.69, 9.17) is 9.47 Å². The lowest BCUT2D eigenvalue weighted by molar-refractivity contribution is -0.119. The molecule has 3 amide bonds. The molecule has 2 aliphatic rings. The summed E-state index contributed by atoms with van der Waals surface area (Å²) < 4.78 is 11.0. The number of hydrogen-bond acceptors (Lipinski definition) is 4. The van der Waals surface area contributed by atoms with Crippen molar-refractivity contribution in [2.75, 3.05) is 25.1 Å². The molecule has 4 rings (SSSR count). The molecule has 2 aromatic rings. The number of urea groups is 1. The minimum Gasteiger partial charge on any atom is -0.486 e. The molecular formula is C21H23N3O4. The van der Waals surface area contributed by atoms with Crippen LogP contribution in [-0.2, 0) is 11.3 Å². The van der Waals surface area contributed by atoms with Crippen LogP contribution in [0.3, 0.4) is 0 Å². The van der Waals surface area contributed by atoms with Crippen LogP contribution in [0.25, 0.3) is 0 Å². The molecule has 0 aromatic heterocycles. The fraction of sp³-hybridized carbons (Fsp3) is 0.333. The van der Waals surface area contributed by atoms with E-state index < -0.39 is 6.04 Å². The Morgan fingerprint density at radius 3 is 2.64 bits per heavy atom. The highest BCUT2D eigenvalue weighted by molar-refractivity contribution is 5.97. The molecule has 2 N–H and O–H groups in total. The van der Waals surface area contributed by atoms with E-state index in [1.807, 2.05) is 30.3 Å². The molecule has 2 heterocycles. The van der Waals surface area contributed by atoms with Gasteiger partial charge in [0.1, 0.15) is 19.3 Å². The quantitative estimate of drug-likeness (QED) is 0.854. The van der Waals surface area contributed by atoms with Gasteiger partial charge >= 0.3 is 6.03 Å². The number of benzene rings is 2. The molecule has 7 nitrogen and oxygen atoms in total. The second kappa shape index (κ2) is 8.21. The molecule has 0 saturated carbocycles. The van der Waals surface area contributed by atoms with E-state index in [1.54, 1.807) is 23.1 Å². The van der Waals surface area contributed by atoms with Gasteiger partial charge in [0.15, 0.2) is 11.5 Å². The van der Waals surface area contributed by atoms with E-state index in [9.17, 15) is 9.59 Å². The van der Waals surface area contributed by atoms with Crippen LogP contribution in [0.4, 0.5) is 10.5 Å². The Kier molecular flexibility index (Phi) is 5.32. The van der Waals surface area contributed by atoms with Crippen molar-refractivity contribution in [1.82, 2.24) is 10.2 Å². The van der Waals surface area contributed by atoms with Gasteiger partial charge in [0.25, 0.3) is 0 Å². The van der Waals surface area contributed by atoms with Crippen LogP contribution in [0.15, 0.2) is 48.5 Å². The van der Waals surface area contributed by atoms with Gasteiger partial charge in [-0.3, -0.25) is 4.79 Å². The maximum Gasteiger partial charge on any atom is 0.318 e. The molecule has 0 radical (unpaired) electrons. The maximum absolute atomic E-state index is 12.8. The average Bonchev–Trinajstić information content (AvgIpc) is 3.23. The van der Waals surface area contributed by atoms with E-state index in [-0.39, 0.29) is 11.9 Å². The van der Waals surface area contributed by atoms with Crippen LogP contribution in [0, 0.1) is 0 Å². The molecule has 7 heteroatoms. The fourth-order valence-corrected chi connectivity index (χ4v) is 3.50. The second-order valence-corrected chi connectivity index (χ2v) is 6.84. The zero-order chi connectivity index (χ0) is 19.3. The zero-order valence-corrected chi connectivity index (χ0v) is 15.5. The molecule has 0 aliphatic carbocycles. The van der Waals surface area contributed by atoms with Gasteiger partial charge in [0, 0.05) is 24.8 Å². The van der Waals surface area contributed by atoms with Gasteiger partial charge in [-0.15, -0.1) is 0 Å². The molecule has 0 unspecified atom stereocenters. The van der Waals surface area contributed by atoms with Crippen LogP contribution in [0.1, 0.15) is 18.4 Å². The number of nitrogens with one attached hydrogen (secondary N) is 2. The summed E-state index contributed by atoms with van der Waals surface area (Å²) >= 11 is 0. The first-order valence-corrected chi connectivity index (χ1v) is 9.49. The van der Waals surface area contributed by atoms with Crippen molar-refractivity contribution in [2.45, 2.75) is 25.4 Å². The van der Waals surface area contributed by atoms with Crippen molar-refractivity contribution in [3.8, 4) is 11.5 Å². The molecule has 2 aromatic carbocycles. The third-order valence-electron chi connectivity index (χ3n) is 4.91. The highest BCUT2D eigenvalue weighted by atomic mass is 16.6. The Labute approximate surface area is 163 Å². The first kappa shape index (κ1) is 18.2. The van der Waals surface area contributed by atoms with Crippen LogP contribution in [0.2, 0.25) is 0 Å². The number of carbonyl (C=O) groups is 2. The molecule has 146 valence electrons. The van der Waals surface area contributed by atoms with Gasteiger partial charge in [-0.25, -0.2) is 4.79 Å². The molecule has 28 heavy (non-hydrogen) atoms. The van der Waals surface area contributed by atoms with E-state index in [0.29, 0.717) is 49.9 Å². The molecular weight excluding hydrogens is 358 g/mol. The summed E-state index contributed by atoms with van der Waals surface area (Å²) in [6.45, 7) is 2.02. The number of nitrogens with zero attached hydrogens (tertiary/aromatic N) is 1. The monoisotopic (exact) mass is 381 g/mol. The zero-order valence-electron chi connectivity index (χ0n) is 15.5. The Bertz CT molecular complexity index is 856. The molecule has 0 bridgehead atoms. The lowest BCUT2D eigenvalue weighted by Crippen LogP contribution is -2.47. The predicted molar refractivity (Wildman–Crippen MR) is 104 cm³/mol. The fourth-order valence-electron chi connectivity index (χ4n) is 3.50. The topological polar surface area (TPSA) is 79.9 Å². The second-order valence-electron chi connectivity index (χ2n) is 6.84. The largest absolute Gasteiger partial charge is 0.486 e. The number of hydrogen-bond donors (Lipinski definition) is 2. The van der Waals surface area contributed by atoms with Gasteiger partial charge < -0.3 is 25.0 Å². The number of amides is 3. The first-order chi connectivity index (χ1) is 13.7. The van der Waals surface area contributed by atoms with Crippen molar-refractivity contribution < 1.29 is 19.1 Å². The highest BCUT2D eigenvalue weighted by Crippen LogP contribution is 2.33. The van der Waals surface area contributed by atoms with Crippen molar-refractivity contribution in [1.29, 1.82) is 0 Å². The number of carbonyl (C=O) groups excluding carboxylic acids is 2. The minimum absolute atomic E-state index is 0.191. The third kappa shape index (κ3) is 4.03. The maximum atomic E-state index is 12.8. The lowest BCUT2D eigenvalue weighted by Gasteiger charge is -2.25. The number of ether oxygens (including phenoxy) is 2. The van der Waals surface area contributed by atoms with Crippen LogP contribution >= 0.6 is 0 Å². The Morgan fingerprint density at radius 2 is 1.82 bits per heavy atom. The normalized spacial score (nSPS) is 17.9. The number of anilines is 1.